The van der Waals surface area contributed by atoms with E-state index in [9.17, 15) is 20.1 Å². The van der Waals surface area contributed by atoms with Crippen LogP contribution in [0.2, 0.25) is 0 Å². The summed E-state index contributed by atoms with van der Waals surface area (Å²) in [6, 6.07) is 0. The Bertz CT molecular complexity index is 651. The summed E-state index contributed by atoms with van der Waals surface area (Å²) in [7, 11) is 1.44. The highest BCUT2D eigenvalue weighted by Gasteiger charge is 2.65. The Hall–Kier alpha value is -0.650. The molecule has 4 saturated carbocycles. The number of fused-ring (bicyclic) bond motifs is 5. The summed E-state index contributed by atoms with van der Waals surface area (Å²) in [5.74, 6) is 1.81. The van der Waals surface area contributed by atoms with Gasteiger partial charge in [-0.25, -0.2) is 0 Å². The second-order valence-electron chi connectivity index (χ2n) is 11.6. The molecule has 5 nitrogen and oxygen atoms in total. The second kappa shape index (κ2) is 8.04. The molecule has 0 heterocycles. The fourth-order valence-corrected chi connectivity index (χ4v) is 8.78. The van der Waals surface area contributed by atoms with Crippen molar-refractivity contribution in [3.8, 4) is 0 Å². The van der Waals surface area contributed by atoms with Crippen molar-refractivity contribution in [1.82, 2.24) is 0 Å². The van der Waals surface area contributed by atoms with Gasteiger partial charge in [-0.05, 0) is 97.7 Å². The molecule has 30 heavy (non-hydrogen) atoms. The lowest BCUT2D eigenvalue weighted by Gasteiger charge is -2.63. The van der Waals surface area contributed by atoms with Crippen LogP contribution in [-0.2, 0) is 9.53 Å². The molecule has 4 fully saturated rings. The monoisotopic (exact) mass is 422 g/mol. The molecule has 172 valence electrons. The number of carbonyl (C=O) groups excluding carboxylic acids is 1. The van der Waals surface area contributed by atoms with Gasteiger partial charge in [0.2, 0.25) is 0 Å². The number of rotatable bonds is 4. The van der Waals surface area contributed by atoms with Crippen molar-refractivity contribution in [2.45, 2.75) is 96.9 Å². The van der Waals surface area contributed by atoms with E-state index in [1.807, 2.05) is 0 Å². The molecule has 0 bridgehead atoms. The first-order valence-corrected chi connectivity index (χ1v) is 12.2. The average Bonchev–Trinajstić information content (AvgIpc) is 3.06. The third kappa shape index (κ3) is 3.34. The fraction of sp³-hybridized carbons (Fsp3) is 0.960. The molecule has 3 N–H and O–H groups in total. The lowest BCUT2D eigenvalue weighted by molar-refractivity contribution is -0.207. The van der Waals surface area contributed by atoms with Gasteiger partial charge in [0, 0.05) is 6.42 Å². The maximum atomic E-state index is 11.7. The summed E-state index contributed by atoms with van der Waals surface area (Å²) < 4.78 is 4.83. The van der Waals surface area contributed by atoms with Crippen LogP contribution in [0.1, 0.15) is 78.6 Å². The van der Waals surface area contributed by atoms with Crippen molar-refractivity contribution < 1.29 is 24.9 Å². The maximum absolute atomic E-state index is 11.7. The highest BCUT2D eigenvalue weighted by atomic mass is 16.5. The van der Waals surface area contributed by atoms with Crippen LogP contribution in [0.15, 0.2) is 0 Å². The minimum Gasteiger partial charge on any atom is -0.469 e. The number of aliphatic hydroxyl groups excluding tert-OH is 3. The SMILES string of the molecule is COC(=O)CC[C@@H](C)[C@H]1CC[C@H]2[C@@H]3[C@H](O)C[C@H]4C[C@H](O)CC[C@]4(C)[C@H]3C[C@H](O)[C@]12C. The molecule has 0 spiro atoms. The van der Waals surface area contributed by atoms with Crippen molar-refractivity contribution >= 4 is 5.97 Å². The third-order valence-electron chi connectivity index (χ3n) is 10.6. The first-order chi connectivity index (χ1) is 14.1. The van der Waals surface area contributed by atoms with Gasteiger partial charge in [-0.15, -0.1) is 0 Å². The summed E-state index contributed by atoms with van der Waals surface area (Å²) >= 11 is 0. The smallest absolute Gasteiger partial charge is 0.305 e. The number of carbonyl (C=O) groups is 1. The third-order valence-corrected chi connectivity index (χ3v) is 10.6. The summed E-state index contributed by atoms with van der Waals surface area (Å²) in [4.78, 5) is 11.7. The van der Waals surface area contributed by atoms with Gasteiger partial charge in [0.1, 0.15) is 0 Å². The zero-order valence-corrected chi connectivity index (χ0v) is 19.2. The number of hydrogen-bond donors (Lipinski definition) is 3. The molecule has 4 aliphatic carbocycles. The summed E-state index contributed by atoms with van der Waals surface area (Å²) in [6.45, 7) is 6.85. The van der Waals surface area contributed by atoms with Crippen LogP contribution >= 0.6 is 0 Å². The number of esters is 1. The molecule has 0 aliphatic heterocycles. The molecular formula is C25H42O5. The highest BCUT2D eigenvalue weighted by molar-refractivity contribution is 5.69. The normalized spacial score (nSPS) is 51.4. The van der Waals surface area contributed by atoms with Gasteiger partial charge < -0.3 is 20.1 Å². The standard InChI is InChI=1S/C25H42O5/c1-14(5-8-22(29)30-4)17-6-7-18-23-19(13-21(28)25(17,18)3)24(2)10-9-16(26)11-15(24)12-20(23)27/h14-21,23,26-28H,5-13H2,1-4H3/t14-,15-,16-,17-,18+,19+,20-,21+,23+,24+,25-/m1/s1. The Morgan fingerprint density at radius 2 is 1.80 bits per heavy atom. The topological polar surface area (TPSA) is 87.0 Å². The van der Waals surface area contributed by atoms with Gasteiger partial charge >= 0.3 is 5.97 Å². The van der Waals surface area contributed by atoms with E-state index in [4.69, 9.17) is 4.74 Å². The largest absolute Gasteiger partial charge is 0.469 e. The van der Waals surface area contributed by atoms with Gasteiger partial charge in [0.25, 0.3) is 0 Å². The Kier molecular flexibility index (Phi) is 6.04. The lowest BCUT2D eigenvalue weighted by Crippen LogP contribution is -2.62. The average molecular weight is 423 g/mol. The van der Waals surface area contributed by atoms with Crippen LogP contribution in [0.5, 0.6) is 0 Å². The predicted octanol–water partition coefficient (Wildman–Crippen LogP) is 3.54. The zero-order valence-electron chi connectivity index (χ0n) is 19.2. The van der Waals surface area contributed by atoms with Crippen LogP contribution in [0.25, 0.3) is 0 Å². The predicted molar refractivity (Wildman–Crippen MR) is 114 cm³/mol. The first kappa shape index (κ1) is 22.5. The maximum Gasteiger partial charge on any atom is 0.305 e. The van der Waals surface area contributed by atoms with Crippen molar-refractivity contribution in [3.05, 3.63) is 0 Å². The quantitative estimate of drug-likeness (QED) is 0.603. The van der Waals surface area contributed by atoms with Crippen molar-refractivity contribution in [3.63, 3.8) is 0 Å². The summed E-state index contributed by atoms with van der Waals surface area (Å²) in [6.07, 6.45) is 6.60. The second-order valence-corrected chi connectivity index (χ2v) is 11.6. The van der Waals surface area contributed by atoms with Gasteiger partial charge in [0.05, 0.1) is 25.4 Å². The molecule has 0 aromatic rings. The van der Waals surface area contributed by atoms with Gasteiger partial charge in [0.15, 0.2) is 0 Å². The van der Waals surface area contributed by atoms with Gasteiger partial charge in [-0.3, -0.25) is 4.79 Å². The van der Waals surface area contributed by atoms with E-state index in [-0.39, 0.29) is 41.0 Å². The molecule has 0 aromatic heterocycles. The molecule has 4 aliphatic rings. The Morgan fingerprint density at radius 1 is 1.07 bits per heavy atom. The molecule has 0 saturated heterocycles. The van der Waals surface area contributed by atoms with Crippen LogP contribution in [-0.4, -0.2) is 46.7 Å². The molecule has 0 unspecified atom stereocenters. The number of aliphatic hydroxyl groups is 3. The lowest BCUT2D eigenvalue weighted by atomic mass is 9.43. The van der Waals surface area contributed by atoms with E-state index in [2.05, 4.69) is 20.8 Å². The summed E-state index contributed by atoms with van der Waals surface area (Å²) in [5, 5.41) is 33.1. The Morgan fingerprint density at radius 3 is 2.50 bits per heavy atom. The van der Waals surface area contributed by atoms with Crippen LogP contribution in [0.3, 0.4) is 0 Å². The molecule has 0 radical (unpaired) electrons. The number of ether oxygens (including phenoxy) is 1. The van der Waals surface area contributed by atoms with E-state index in [1.54, 1.807) is 0 Å². The number of hydrogen-bond acceptors (Lipinski definition) is 5. The molecular weight excluding hydrogens is 380 g/mol. The minimum atomic E-state index is -0.369. The molecule has 5 heteroatoms. The Balaban J connectivity index is 1.58. The highest BCUT2D eigenvalue weighted by Crippen LogP contribution is 2.68. The van der Waals surface area contributed by atoms with Crippen molar-refractivity contribution in [2.24, 2.45) is 46.3 Å². The number of methoxy groups -OCH3 is 1. The molecule has 4 rings (SSSR count). The van der Waals surface area contributed by atoms with E-state index >= 15 is 0 Å². The van der Waals surface area contributed by atoms with E-state index in [0.29, 0.717) is 36.0 Å². The zero-order chi connectivity index (χ0) is 21.8. The Labute approximate surface area is 181 Å². The van der Waals surface area contributed by atoms with Crippen LogP contribution < -0.4 is 0 Å². The minimum absolute atomic E-state index is 0.111. The van der Waals surface area contributed by atoms with Crippen LogP contribution in [0.4, 0.5) is 0 Å². The fourth-order valence-electron chi connectivity index (χ4n) is 8.78. The first-order valence-electron chi connectivity index (χ1n) is 12.2. The van der Waals surface area contributed by atoms with Gasteiger partial charge in [-0.1, -0.05) is 20.8 Å². The van der Waals surface area contributed by atoms with Crippen LogP contribution in [0, 0.1) is 46.3 Å². The summed E-state index contributed by atoms with van der Waals surface area (Å²) in [5.41, 5.74) is -0.0882. The van der Waals surface area contributed by atoms with E-state index < -0.39 is 0 Å². The molecule has 0 amide bonds. The molecule has 11 atom stereocenters. The van der Waals surface area contributed by atoms with E-state index in [0.717, 1.165) is 51.4 Å². The van der Waals surface area contributed by atoms with E-state index in [1.165, 1.54) is 7.11 Å². The van der Waals surface area contributed by atoms with Gasteiger partial charge in [-0.2, -0.15) is 0 Å². The molecule has 0 aromatic carbocycles. The van der Waals surface area contributed by atoms with Crippen molar-refractivity contribution in [2.75, 3.05) is 7.11 Å². The van der Waals surface area contributed by atoms with Crippen molar-refractivity contribution in [1.29, 1.82) is 0 Å².